The van der Waals surface area contributed by atoms with Crippen LogP contribution in [0.5, 0.6) is 5.75 Å². The number of anilines is 1. The standard InChI is InChI=1S/C21H25ClN6O2/c1-3-4-16-13-19(24-21-25-23-14-28(16)21)26-7-9-27(10-8-26)20(29)12-15-5-6-18(30-2)17(22)11-15/h5-6,11,13-14H,3-4,7-10,12H2,1-2H3. The summed E-state index contributed by atoms with van der Waals surface area (Å²) in [4.78, 5) is 21.5. The number of ether oxygens (including phenoxy) is 1. The van der Waals surface area contributed by atoms with Crippen molar-refractivity contribution in [2.45, 2.75) is 26.2 Å². The minimum absolute atomic E-state index is 0.100. The van der Waals surface area contributed by atoms with E-state index in [9.17, 15) is 4.79 Å². The Morgan fingerprint density at radius 3 is 2.70 bits per heavy atom. The molecule has 0 atom stereocenters. The van der Waals surface area contributed by atoms with Crippen LogP contribution in [0.25, 0.3) is 5.78 Å². The maximum atomic E-state index is 12.8. The van der Waals surface area contributed by atoms with Crippen LogP contribution < -0.4 is 9.64 Å². The third kappa shape index (κ3) is 4.18. The molecule has 2 aromatic heterocycles. The van der Waals surface area contributed by atoms with E-state index in [4.69, 9.17) is 16.3 Å². The number of halogens is 1. The van der Waals surface area contributed by atoms with Crippen molar-refractivity contribution in [3.8, 4) is 5.75 Å². The highest BCUT2D eigenvalue weighted by Gasteiger charge is 2.23. The molecular weight excluding hydrogens is 404 g/mol. The molecule has 158 valence electrons. The summed E-state index contributed by atoms with van der Waals surface area (Å²) in [5, 5.41) is 8.62. The van der Waals surface area contributed by atoms with E-state index >= 15 is 0 Å². The first-order chi connectivity index (χ1) is 14.6. The monoisotopic (exact) mass is 428 g/mol. The van der Waals surface area contributed by atoms with Crippen molar-refractivity contribution in [1.29, 1.82) is 0 Å². The zero-order valence-electron chi connectivity index (χ0n) is 17.2. The second kappa shape index (κ2) is 8.87. The first kappa shape index (κ1) is 20.4. The predicted octanol–water partition coefficient (Wildman–Crippen LogP) is 2.63. The molecule has 0 radical (unpaired) electrons. The topological polar surface area (TPSA) is 75.9 Å². The van der Waals surface area contributed by atoms with Crippen LogP contribution in [-0.2, 0) is 17.6 Å². The summed E-state index contributed by atoms with van der Waals surface area (Å²) in [6, 6.07) is 7.58. The van der Waals surface area contributed by atoms with Crippen LogP contribution in [0, 0.1) is 0 Å². The molecule has 8 nitrogen and oxygen atoms in total. The third-order valence-corrected chi connectivity index (χ3v) is 5.68. The van der Waals surface area contributed by atoms with Gasteiger partial charge >= 0.3 is 0 Å². The maximum Gasteiger partial charge on any atom is 0.256 e. The smallest absolute Gasteiger partial charge is 0.256 e. The van der Waals surface area contributed by atoms with E-state index in [2.05, 4.69) is 33.1 Å². The molecule has 0 aliphatic carbocycles. The van der Waals surface area contributed by atoms with E-state index < -0.39 is 0 Å². The van der Waals surface area contributed by atoms with Gasteiger partial charge in [0.25, 0.3) is 5.78 Å². The summed E-state index contributed by atoms with van der Waals surface area (Å²) in [6.07, 6.45) is 4.01. The molecule has 0 N–H and O–H groups in total. The lowest BCUT2D eigenvalue weighted by Crippen LogP contribution is -2.49. The van der Waals surface area contributed by atoms with Gasteiger partial charge in [0, 0.05) is 37.9 Å². The lowest BCUT2D eigenvalue weighted by Gasteiger charge is -2.35. The van der Waals surface area contributed by atoms with Crippen LogP contribution in [0.3, 0.4) is 0 Å². The Kier molecular flexibility index (Phi) is 6.03. The van der Waals surface area contributed by atoms with Gasteiger partial charge in [-0.1, -0.05) is 31.0 Å². The Hall–Kier alpha value is -2.87. The fraction of sp³-hybridized carbons (Fsp3) is 0.429. The highest BCUT2D eigenvalue weighted by molar-refractivity contribution is 6.32. The van der Waals surface area contributed by atoms with Crippen molar-refractivity contribution in [2.24, 2.45) is 0 Å². The molecule has 3 heterocycles. The third-order valence-electron chi connectivity index (χ3n) is 5.38. The zero-order valence-corrected chi connectivity index (χ0v) is 18.0. The molecule has 0 saturated carbocycles. The van der Waals surface area contributed by atoms with Gasteiger partial charge < -0.3 is 14.5 Å². The number of carbonyl (C=O) groups excluding carboxylic acids is 1. The molecule has 0 unspecified atom stereocenters. The molecule has 0 bridgehead atoms. The number of methoxy groups -OCH3 is 1. The fourth-order valence-corrected chi connectivity index (χ4v) is 4.04. The summed E-state index contributed by atoms with van der Waals surface area (Å²) >= 11 is 6.18. The van der Waals surface area contributed by atoms with Crippen LogP contribution >= 0.6 is 11.6 Å². The van der Waals surface area contributed by atoms with Crippen molar-refractivity contribution in [3.05, 3.63) is 46.9 Å². The van der Waals surface area contributed by atoms with E-state index in [0.29, 0.717) is 36.1 Å². The maximum absolute atomic E-state index is 12.8. The van der Waals surface area contributed by atoms with Crippen LogP contribution in [0.4, 0.5) is 5.82 Å². The van der Waals surface area contributed by atoms with Gasteiger partial charge in [-0.15, -0.1) is 10.2 Å². The minimum atomic E-state index is 0.100. The molecule has 1 amide bonds. The summed E-state index contributed by atoms with van der Waals surface area (Å²) in [5.41, 5.74) is 2.04. The van der Waals surface area contributed by atoms with Crippen LogP contribution in [0.1, 0.15) is 24.6 Å². The van der Waals surface area contributed by atoms with Gasteiger partial charge in [0.05, 0.1) is 18.6 Å². The van der Waals surface area contributed by atoms with Gasteiger partial charge in [-0.2, -0.15) is 4.98 Å². The second-order valence-corrected chi connectivity index (χ2v) is 7.78. The molecule has 0 spiro atoms. The van der Waals surface area contributed by atoms with Gasteiger partial charge in [0.2, 0.25) is 5.91 Å². The molecule has 9 heteroatoms. The van der Waals surface area contributed by atoms with Gasteiger partial charge in [0.15, 0.2) is 0 Å². The highest BCUT2D eigenvalue weighted by Crippen LogP contribution is 2.25. The number of aryl methyl sites for hydroxylation is 1. The molecule has 30 heavy (non-hydrogen) atoms. The highest BCUT2D eigenvalue weighted by atomic mass is 35.5. The van der Waals surface area contributed by atoms with E-state index in [1.807, 2.05) is 15.4 Å². The van der Waals surface area contributed by atoms with Crippen molar-refractivity contribution in [1.82, 2.24) is 24.5 Å². The molecule has 3 aromatic rings. The molecule has 4 rings (SSSR count). The first-order valence-electron chi connectivity index (χ1n) is 10.1. The summed E-state index contributed by atoms with van der Waals surface area (Å²) in [5.74, 6) is 2.23. The Labute approximate surface area is 180 Å². The van der Waals surface area contributed by atoms with E-state index in [1.165, 1.54) is 0 Å². The van der Waals surface area contributed by atoms with E-state index in [1.54, 1.807) is 25.6 Å². The van der Waals surface area contributed by atoms with E-state index in [-0.39, 0.29) is 5.91 Å². The number of fused-ring (bicyclic) bond motifs is 1. The normalized spacial score (nSPS) is 14.4. The summed E-state index contributed by atoms with van der Waals surface area (Å²) < 4.78 is 7.11. The first-order valence-corrected chi connectivity index (χ1v) is 10.5. The molecule has 1 aliphatic rings. The number of aromatic nitrogens is 4. The average molecular weight is 429 g/mol. The lowest BCUT2D eigenvalue weighted by atomic mass is 10.1. The number of nitrogens with zero attached hydrogens (tertiary/aromatic N) is 6. The number of carbonyl (C=O) groups is 1. The average Bonchev–Trinajstić information content (AvgIpc) is 3.23. The Bertz CT molecular complexity index is 1050. The molecular formula is C21H25ClN6O2. The number of piperazine rings is 1. The van der Waals surface area contributed by atoms with E-state index in [0.717, 1.165) is 43.0 Å². The van der Waals surface area contributed by atoms with Crippen molar-refractivity contribution in [3.63, 3.8) is 0 Å². The molecule has 1 aromatic carbocycles. The number of hydrogen-bond donors (Lipinski definition) is 0. The minimum Gasteiger partial charge on any atom is -0.495 e. The van der Waals surface area contributed by atoms with Crippen LogP contribution in [-0.4, -0.2) is 63.7 Å². The molecule has 1 aliphatic heterocycles. The number of benzene rings is 1. The van der Waals surface area contributed by atoms with Crippen LogP contribution in [0.15, 0.2) is 30.6 Å². The number of hydrogen-bond acceptors (Lipinski definition) is 6. The number of rotatable bonds is 6. The fourth-order valence-electron chi connectivity index (χ4n) is 3.76. The Morgan fingerprint density at radius 2 is 2.00 bits per heavy atom. The Balaban J connectivity index is 1.40. The second-order valence-electron chi connectivity index (χ2n) is 7.37. The molecule has 1 saturated heterocycles. The summed E-state index contributed by atoms with van der Waals surface area (Å²) in [6.45, 7) is 4.93. The lowest BCUT2D eigenvalue weighted by molar-refractivity contribution is -0.130. The predicted molar refractivity (Wildman–Crippen MR) is 115 cm³/mol. The van der Waals surface area contributed by atoms with Crippen molar-refractivity contribution in [2.75, 3.05) is 38.2 Å². The van der Waals surface area contributed by atoms with Crippen molar-refractivity contribution >= 4 is 29.1 Å². The SMILES string of the molecule is CCCc1cc(N2CCN(C(=O)Cc3ccc(OC)c(Cl)c3)CC2)nc2nncn12. The van der Waals surface area contributed by atoms with Crippen LogP contribution in [0.2, 0.25) is 5.02 Å². The largest absolute Gasteiger partial charge is 0.495 e. The summed E-state index contributed by atoms with van der Waals surface area (Å²) in [7, 11) is 1.58. The number of amides is 1. The quantitative estimate of drug-likeness (QED) is 0.600. The van der Waals surface area contributed by atoms with Gasteiger partial charge in [-0.3, -0.25) is 9.20 Å². The van der Waals surface area contributed by atoms with Gasteiger partial charge in [-0.25, -0.2) is 0 Å². The van der Waals surface area contributed by atoms with Gasteiger partial charge in [-0.05, 0) is 24.1 Å². The van der Waals surface area contributed by atoms with Gasteiger partial charge in [0.1, 0.15) is 17.9 Å². The zero-order chi connectivity index (χ0) is 21.1. The molecule has 1 fully saturated rings. The Morgan fingerprint density at radius 1 is 1.20 bits per heavy atom. The van der Waals surface area contributed by atoms with Crippen molar-refractivity contribution < 1.29 is 9.53 Å².